The molecule has 1 unspecified atom stereocenters. The van der Waals surface area contributed by atoms with Gasteiger partial charge in [-0.1, -0.05) is 12.8 Å². The minimum absolute atomic E-state index is 0.324. The van der Waals surface area contributed by atoms with Crippen LogP contribution in [0.5, 0.6) is 0 Å². The van der Waals surface area contributed by atoms with Gasteiger partial charge >= 0.3 is 0 Å². The number of anilines is 1. The van der Waals surface area contributed by atoms with Crippen molar-refractivity contribution < 1.29 is 8.63 Å². The van der Waals surface area contributed by atoms with Crippen LogP contribution in [-0.2, 0) is 16.6 Å². The molecule has 96 valence electrons. The van der Waals surface area contributed by atoms with Gasteiger partial charge in [-0.25, -0.2) is 4.98 Å². The smallest absolute Gasteiger partial charge is 0.208 e. The van der Waals surface area contributed by atoms with Crippen LogP contribution in [-0.4, -0.2) is 14.4 Å². The molecule has 1 heterocycles. The number of aromatic nitrogens is 1. The van der Waals surface area contributed by atoms with Gasteiger partial charge in [-0.05, 0) is 31.0 Å². The van der Waals surface area contributed by atoms with E-state index < -0.39 is 10.8 Å². The van der Waals surface area contributed by atoms with Crippen molar-refractivity contribution >= 4 is 27.6 Å². The van der Waals surface area contributed by atoms with Crippen LogP contribution < -0.4 is 5.73 Å². The van der Waals surface area contributed by atoms with Crippen molar-refractivity contribution in [3.63, 3.8) is 0 Å². The molecule has 1 aliphatic carbocycles. The van der Waals surface area contributed by atoms with Crippen LogP contribution in [0, 0.1) is 0 Å². The maximum absolute atomic E-state index is 12.1. The molecule has 0 radical (unpaired) electrons. The van der Waals surface area contributed by atoms with Crippen LogP contribution in [0.3, 0.4) is 0 Å². The Kier molecular flexibility index (Phi) is 3.07. The molecule has 1 fully saturated rings. The van der Waals surface area contributed by atoms with Crippen molar-refractivity contribution in [2.45, 2.75) is 36.7 Å². The van der Waals surface area contributed by atoms with E-state index >= 15 is 0 Å². The second-order valence-electron chi connectivity index (χ2n) is 4.77. The number of nitrogens with two attached hydrogens (primary N) is 1. The van der Waals surface area contributed by atoms with E-state index in [2.05, 4.69) is 4.98 Å². The van der Waals surface area contributed by atoms with Crippen molar-refractivity contribution in [2.75, 3.05) is 5.73 Å². The first-order valence-corrected chi connectivity index (χ1v) is 7.63. The Bertz CT molecular complexity index is 588. The zero-order valence-electron chi connectivity index (χ0n) is 10.1. The summed E-state index contributed by atoms with van der Waals surface area (Å²) in [4.78, 5) is 4.35. The molecule has 1 aromatic carbocycles. The summed E-state index contributed by atoms with van der Waals surface area (Å²) in [5.74, 6) is 0.972. The van der Waals surface area contributed by atoms with Gasteiger partial charge in [0.25, 0.3) is 0 Å². The molecule has 18 heavy (non-hydrogen) atoms. The predicted molar refractivity (Wildman–Crippen MR) is 72.5 cm³/mol. The number of hydrogen-bond acceptors (Lipinski definition) is 4. The van der Waals surface area contributed by atoms with Gasteiger partial charge in [0.05, 0.1) is 0 Å². The third-order valence-corrected chi connectivity index (χ3v) is 5.14. The van der Waals surface area contributed by atoms with Gasteiger partial charge < -0.3 is 10.2 Å². The van der Waals surface area contributed by atoms with Crippen LogP contribution in [0.15, 0.2) is 22.6 Å². The van der Waals surface area contributed by atoms with E-state index in [9.17, 15) is 4.21 Å². The number of nitrogens with zero attached hydrogens (tertiary/aromatic N) is 1. The zero-order valence-corrected chi connectivity index (χ0v) is 10.9. The second kappa shape index (κ2) is 4.72. The van der Waals surface area contributed by atoms with Gasteiger partial charge in [0, 0.05) is 21.7 Å². The topological polar surface area (TPSA) is 69.1 Å². The summed E-state index contributed by atoms with van der Waals surface area (Å²) in [5.41, 5.74) is 7.81. The molecule has 0 amide bonds. The first-order valence-electron chi connectivity index (χ1n) is 6.24. The molecule has 1 aliphatic rings. The van der Waals surface area contributed by atoms with Gasteiger partial charge in [0.2, 0.25) is 5.89 Å². The molecule has 1 atom stereocenters. The Balaban J connectivity index is 1.79. The molecular weight excluding hydrogens is 248 g/mol. The quantitative estimate of drug-likeness (QED) is 0.865. The first-order chi connectivity index (χ1) is 8.72. The number of benzene rings is 1. The van der Waals surface area contributed by atoms with E-state index in [1.165, 1.54) is 12.8 Å². The maximum Gasteiger partial charge on any atom is 0.208 e. The highest BCUT2D eigenvalue weighted by molar-refractivity contribution is 7.84. The van der Waals surface area contributed by atoms with Gasteiger partial charge in [0.15, 0.2) is 5.58 Å². The standard InChI is InChI=1S/C13H16N2O2S/c14-9-5-6-12-11(7-9)15-13(17-12)8-18(16)10-3-1-2-4-10/h5-7,10H,1-4,8,14H2. The number of oxazole rings is 1. The van der Waals surface area contributed by atoms with Crippen molar-refractivity contribution in [2.24, 2.45) is 0 Å². The number of hydrogen-bond donors (Lipinski definition) is 1. The number of nitrogen functional groups attached to an aromatic ring is 1. The molecule has 4 nitrogen and oxygen atoms in total. The summed E-state index contributed by atoms with van der Waals surface area (Å²) < 4.78 is 17.7. The Hall–Kier alpha value is -1.36. The first kappa shape index (κ1) is 11.7. The monoisotopic (exact) mass is 264 g/mol. The molecule has 1 aromatic heterocycles. The lowest BCUT2D eigenvalue weighted by Crippen LogP contribution is -2.12. The summed E-state index contributed by atoms with van der Waals surface area (Å²) >= 11 is 0. The fourth-order valence-corrected chi connectivity index (χ4v) is 3.91. The number of fused-ring (bicyclic) bond motifs is 1. The summed E-state index contributed by atoms with van der Waals surface area (Å²) in [6.07, 6.45) is 4.53. The highest BCUT2D eigenvalue weighted by atomic mass is 32.2. The lowest BCUT2D eigenvalue weighted by molar-refractivity contribution is 0.551. The maximum atomic E-state index is 12.1. The average Bonchev–Trinajstić information content (AvgIpc) is 2.95. The molecular formula is C13H16N2O2S. The van der Waals surface area contributed by atoms with E-state index in [0.717, 1.165) is 18.4 Å². The van der Waals surface area contributed by atoms with E-state index in [1.807, 2.05) is 0 Å². The SMILES string of the molecule is Nc1ccc2oc(CS(=O)C3CCCC3)nc2c1. The molecule has 2 N–H and O–H groups in total. The van der Waals surface area contributed by atoms with Crippen LogP contribution in [0.25, 0.3) is 11.1 Å². The molecule has 0 saturated heterocycles. The summed E-state index contributed by atoms with van der Waals surface area (Å²) in [6.45, 7) is 0. The van der Waals surface area contributed by atoms with E-state index in [4.69, 9.17) is 10.2 Å². The van der Waals surface area contributed by atoms with E-state index in [1.54, 1.807) is 18.2 Å². The van der Waals surface area contributed by atoms with Gasteiger partial charge in [-0.2, -0.15) is 0 Å². The average molecular weight is 264 g/mol. The highest BCUT2D eigenvalue weighted by Crippen LogP contribution is 2.25. The largest absolute Gasteiger partial charge is 0.440 e. The van der Waals surface area contributed by atoms with Crippen molar-refractivity contribution in [3.05, 3.63) is 24.1 Å². The molecule has 0 aliphatic heterocycles. The normalized spacial score (nSPS) is 18.4. The van der Waals surface area contributed by atoms with Gasteiger partial charge in [-0.3, -0.25) is 4.21 Å². The summed E-state index contributed by atoms with van der Waals surface area (Å²) in [7, 11) is -0.866. The molecule has 0 bridgehead atoms. The second-order valence-corrected chi connectivity index (χ2v) is 6.48. The molecule has 5 heteroatoms. The fourth-order valence-electron chi connectivity index (χ4n) is 2.44. The number of rotatable bonds is 3. The molecule has 1 saturated carbocycles. The Labute approximate surface area is 108 Å². The third-order valence-electron chi connectivity index (χ3n) is 3.40. The van der Waals surface area contributed by atoms with Gasteiger partial charge in [0.1, 0.15) is 11.3 Å². The third kappa shape index (κ3) is 2.27. The van der Waals surface area contributed by atoms with Crippen molar-refractivity contribution in [1.82, 2.24) is 4.98 Å². The van der Waals surface area contributed by atoms with Crippen LogP contribution in [0.4, 0.5) is 5.69 Å². The minimum Gasteiger partial charge on any atom is -0.440 e. The summed E-state index contributed by atoms with van der Waals surface area (Å²) in [5, 5.41) is 0.324. The Morgan fingerprint density at radius 1 is 1.39 bits per heavy atom. The lowest BCUT2D eigenvalue weighted by atomic mass is 10.3. The van der Waals surface area contributed by atoms with Gasteiger partial charge in [-0.15, -0.1) is 0 Å². The Morgan fingerprint density at radius 3 is 2.94 bits per heavy atom. The van der Waals surface area contributed by atoms with Crippen LogP contribution in [0.1, 0.15) is 31.6 Å². The van der Waals surface area contributed by atoms with Crippen LogP contribution >= 0.6 is 0 Å². The molecule has 2 aromatic rings. The molecule has 3 rings (SSSR count). The van der Waals surface area contributed by atoms with E-state index in [-0.39, 0.29) is 0 Å². The zero-order chi connectivity index (χ0) is 12.5. The Morgan fingerprint density at radius 2 is 2.17 bits per heavy atom. The van der Waals surface area contributed by atoms with E-state index in [0.29, 0.717) is 28.2 Å². The summed E-state index contributed by atoms with van der Waals surface area (Å²) in [6, 6.07) is 5.37. The lowest BCUT2D eigenvalue weighted by Gasteiger charge is -2.05. The van der Waals surface area contributed by atoms with Crippen LogP contribution in [0.2, 0.25) is 0 Å². The van der Waals surface area contributed by atoms with Crippen molar-refractivity contribution in [1.29, 1.82) is 0 Å². The highest BCUT2D eigenvalue weighted by Gasteiger charge is 2.22. The predicted octanol–water partition coefficient (Wildman–Crippen LogP) is 2.60. The molecule has 0 spiro atoms. The van der Waals surface area contributed by atoms with Crippen molar-refractivity contribution in [3.8, 4) is 0 Å². The fraction of sp³-hybridized carbons (Fsp3) is 0.462. The minimum atomic E-state index is -0.866.